The summed E-state index contributed by atoms with van der Waals surface area (Å²) in [7, 11) is 1.72. The Balaban J connectivity index is 1.93. The fourth-order valence-electron chi connectivity index (χ4n) is 1.52. The highest BCUT2D eigenvalue weighted by Crippen LogP contribution is 2.13. The molecule has 1 fully saturated rings. The van der Waals surface area contributed by atoms with Crippen LogP contribution >= 0.6 is 15.9 Å². The van der Waals surface area contributed by atoms with Gasteiger partial charge >= 0.3 is 0 Å². The number of nitrogens with zero attached hydrogens (tertiary/aromatic N) is 1. The van der Waals surface area contributed by atoms with Crippen molar-refractivity contribution in [2.45, 2.75) is 6.29 Å². The Morgan fingerprint density at radius 3 is 2.88 bits per heavy atom. The maximum Gasteiger partial charge on any atom is 0.270 e. The number of H-pyrrole nitrogens is 1. The van der Waals surface area contributed by atoms with Crippen LogP contribution in [0.1, 0.15) is 10.5 Å². The Kier molecular flexibility index (Phi) is 3.63. The Morgan fingerprint density at radius 1 is 1.62 bits per heavy atom. The Bertz CT molecular complexity index is 374. The molecule has 0 bridgehead atoms. The van der Waals surface area contributed by atoms with Crippen molar-refractivity contribution in [1.82, 2.24) is 9.88 Å². The van der Waals surface area contributed by atoms with Crippen LogP contribution in [0.3, 0.4) is 0 Å². The summed E-state index contributed by atoms with van der Waals surface area (Å²) in [5.41, 5.74) is 0.548. The summed E-state index contributed by atoms with van der Waals surface area (Å²) in [5, 5.41) is 0. The molecule has 0 aromatic carbocycles. The molecule has 0 spiro atoms. The lowest BCUT2D eigenvalue weighted by atomic mass is 10.3. The van der Waals surface area contributed by atoms with Gasteiger partial charge in [-0.3, -0.25) is 4.79 Å². The van der Waals surface area contributed by atoms with Crippen molar-refractivity contribution in [2.24, 2.45) is 0 Å². The zero-order chi connectivity index (χ0) is 11.5. The maximum atomic E-state index is 11.9. The van der Waals surface area contributed by atoms with E-state index < -0.39 is 0 Å². The van der Waals surface area contributed by atoms with Crippen molar-refractivity contribution >= 4 is 21.8 Å². The van der Waals surface area contributed by atoms with Crippen LogP contribution in [0, 0.1) is 0 Å². The fourth-order valence-corrected chi connectivity index (χ4v) is 1.86. The van der Waals surface area contributed by atoms with E-state index in [4.69, 9.17) is 9.47 Å². The van der Waals surface area contributed by atoms with Crippen LogP contribution in [0.2, 0.25) is 0 Å². The Hall–Kier alpha value is -0.850. The molecule has 0 unspecified atom stereocenters. The Morgan fingerprint density at radius 2 is 2.31 bits per heavy atom. The first-order valence-electron chi connectivity index (χ1n) is 4.99. The zero-order valence-electron chi connectivity index (χ0n) is 8.90. The lowest BCUT2D eigenvalue weighted by Gasteiger charge is -2.19. The molecule has 1 aromatic heterocycles. The molecule has 1 amide bonds. The number of ether oxygens (including phenoxy) is 2. The van der Waals surface area contributed by atoms with E-state index in [2.05, 4.69) is 20.9 Å². The number of carbonyl (C=O) groups excluding carboxylic acids is 1. The van der Waals surface area contributed by atoms with E-state index in [0.29, 0.717) is 25.5 Å². The minimum atomic E-state index is -0.299. The smallest absolute Gasteiger partial charge is 0.270 e. The molecule has 6 heteroatoms. The quantitative estimate of drug-likeness (QED) is 0.910. The summed E-state index contributed by atoms with van der Waals surface area (Å²) in [5.74, 6) is -0.0789. The van der Waals surface area contributed by atoms with Crippen LogP contribution in [0.25, 0.3) is 0 Å². The largest absolute Gasteiger partial charge is 0.356 e. The van der Waals surface area contributed by atoms with Crippen LogP contribution in [0.5, 0.6) is 0 Å². The van der Waals surface area contributed by atoms with Crippen LogP contribution in [-0.2, 0) is 9.47 Å². The minimum Gasteiger partial charge on any atom is -0.356 e. The first-order valence-corrected chi connectivity index (χ1v) is 5.78. The number of nitrogens with one attached hydrogen (secondary N) is 1. The van der Waals surface area contributed by atoms with E-state index in [0.717, 1.165) is 4.47 Å². The first-order chi connectivity index (χ1) is 7.66. The van der Waals surface area contributed by atoms with Crippen LogP contribution in [0.4, 0.5) is 0 Å². The maximum absolute atomic E-state index is 11.9. The predicted molar refractivity (Wildman–Crippen MR) is 61.1 cm³/mol. The minimum absolute atomic E-state index is 0.0789. The van der Waals surface area contributed by atoms with Crippen LogP contribution in [0.15, 0.2) is 16.7 Å². The van der Waals surface area contributed by atoms with Gasteiger partial charge in [-0.15, -0.1) is 0 Å². The molecule has 2 rings (SSSR count). The third-order valence-corrected chi connectivity index (χ3v) is 2.80. The van der Waals surface area contributed by atoms with Crippen LogP contribution in [-0.4, -0.2) is 48.9 Å². The summed E-state index contributed by atoms with van der Waals surface area (Å²) in [6.07, 6.45) is 1.43. The monoisotopic (exact) mass is 288 g/mol. The molecule has 0 aliphatic carbocycles. The predicted octanol–water partition coefficient (Wildman–Crippen LogP) is 1.22. The van der Waals surface area contributed by atoms with Gasteiger partial charge in [0.25, 0.3) is 5.91 Å². The summed E-state index contributed by atoms with van der Waals surface area (Å²) in [6, 6.07) is 1.75. The second-order valence-corrected chi connectivity index (χ2v) is 4.50. The summed E-state index contributed by atoms with van der Waals surface area (Å²) in [4.78, 5) is 16.4. The third-order valence-electron chi connectivity index (χ3n) is 2.34. The molecule has 16 heavy (non-hydrogen) atoms. The normalized spacial score (nSPS) is 16.6. The number of amides is 1. The first kappa shape index (κ1) is 11.6. The molecule has 1 aliphatic heterocycles. The van der Waals surface area contributed by atoms with E-state index in [-0.39, 0.29) is 12.2 Å². The van der Waals surface area contributed by atoms with Gasteiger partial charge in [0.15, 0.2) is 6.29 Å². The second-order valence-electron chi connectivity index (χ2n) is 3.59. The molecular formula is C10H13BrN2O3. The average Bonchev–Trinajstić information content (AvgIpc) is 2.88. The third kappa shape index (κ3) is 2.63. The summed E-state index contributed by atoms with van der Waals surface area (Å²) in [6.45, 7) is 1.64. The van der Waals surface area contributed by atoms with E-state index in [9.17, 15) is 4.79 Å². The van der Waals surface area contributed by atoms with Crippen molar-refractivity contribution in [3.05, 3.63) is 22.4 Å². The van der Waals surface area contributed by atoms with Gasteiger partial charge in [0.1, 0.15) is 5.69 Å². The number of aromatic amines is 1. The summed E-state index contributed by atoms with van der Waals surface area (Å²) >= 11 is 3.29. The standard InChI is InChI=1S/C10H13BrN2O3/c1-13(6-9-15-2-3-16-9)10(14)8-4-7(11)5-12-8/h4-5,9,12H,2-3,6H2,1H3. The number of hydrogen-bond acceptors (Lipinski definition) is 3. The van der Waals surface area contributed by atoms with Crippen molar-refractivity contribution in [3.8, 4) is 0 Å². The molecule has 1 saturated heterocycles. The van der Waals surface area contributed by atoms with Gasteiger partial charge in [-0.2, -0.15) is 0 Å². The molecule has 88 valence electrons. The topological polar surface area (TPSA) is 54.6 Å². The molecular weight excluding hydrogens is 276 g/mol. The molecule has 5 nitrogen and oxygen atoms in total. The van der Waals surface area contributed by atoms with Gasteiger partial charge in [0, 0.05) is 17.7 Å². The SMILES string of the molecule is CN(CC1OCCO1)C(=O)c1cc(Br)c[nH]1. The highest BCUT2D eigenvalue weighted by atomic mass is 79.9. The van der Waals surface area contributed by atoms with Gasteiger partial charge in [-0.25, -0.2) is 0 Å². The lowest BCUT2D eigenvalue weighted by Crippen LogP contribution is -2.34. The van der Waals surface area contributed by atoms with Gasteiger partial charge in [-0.05, 0) is 22.0 Å². The van der Waals surface area contributed by atoms with Gasteiger partial charge in [0.05, 0.1) is 19.8 Å². The van der Waals surface area contributed by atoms with Crippen molar-refractivity contribution in [1.29, 1.82) is 0 Å². The zero-order valence-corrected chi connectivity index (χ0v) is 10.5. The molecule has 1 aromatic rings. The van der Waals surface area contributed by atoms with Crippen molar-refractivity contribution < 1.29 is 14.3 Å². The van der Waals surface area contributed by atoms with E-state index >= 15 is 0 Å². The number of rotatable bonds is 3. The number of likely N-dealkylation sites (N-methyl/N-ethyl adjacent to an activating group) is 1. The molecule has 2 heterocycles. The molecule has 0 radical (unpaired) electrons. The highest BCUT2D eigenvalue weighted by molar-refractivity contribution is 9.10. The molecule has 1 N–H and O–H groups in total. The van der Waals surface area contributed by atoms with E-state index in [1.54, 1.807) is 24.2 Å². The van der Waals surface area contributed by atoms with Crippen molar-refractivity contribution in [2.75, 3.05) is 26.8 Å². The van der Waals surface area contributed by atoms with Gasteiger partial charge in [0.2, 0.25) is 0 Å². The number of halogens is 1. The second kappa shape index (κ2) is 4.99. The molecule has 0 atom stereocenters. The van der Waals surface area contributed by atoms with Gasteiger partial charge < -0.3 is 19.4 Å². The number of aromatic nitrogens is 1. The average molecular weight is 289 g/mol. The van der Waals surface area contributed by atoms with Crippen LogP contribution < -0.4 is 0 Å². The number of hydrogen-bond donors (Lipinski definition) is 1. The van der Waals surface area contributed by atoms with Crippen molar-refractivity contribution in [3.63, 3.8) is 0 Å². The number of carbonyl (C=O) groups is 1. The summed E-state index contributed by atoms with van der Waals surface area (Å²) < 4.78 is 11.4. The highest BCUT2D eigenvalue weighted by Gasteiger charge is 2.21. The molecule has 0 saturated carbocycles. The lowest BCUT2D eigenvalue weighted by molar-refractivity contribution is -0.0543. The van der Waals surface area contributed by atoms with E-state index in [1.807, 2.05) is 0 Å². The fraction of sp³-hybridized carbons (Fsp3) is 0.500. The molecule has 1 aliphatic rings. The van der Waals surface area contributed by atoms with E-state index in [1.165, 1.54) is 0 Å². The Labute approximate surface area is 102 Å². The van der Waals surface area contributed by atoms with Gasteiger partial charge in [-0.1, -0.05) is 0 Å².